The average molecular weight is 409 g/mol. The van der Waals surface area contributed by atoms with Gasteiger partial charge in [-0.2, -0.15) is 0 Å². The molecule has 3 rings (SSSR count). The van der Waals surface area contributed by atoms with E-state index in [1.807, 2.05) is 6.07 Å². The molecule has 0 radical (unpaired) electrons. The molecule has 0 N–H and O–H groups in total. The van der Waals surface area contributed by atoms with Gasteiger partial charge in [0.2, 0.25) is 0 Å². The molecule has 3 heteroatoms. The van der Waals surface area contributed by atoms with E-state index >= 15 is 0 Å². The molecule has 0 aliphatic heterocycles. The standard InChI is InChI=1S/C19H19.2ClH.Zr/c1-13(2)17-10-9-14(3)18-11-16(12-19(17)18)15-7-5-4-6-8-15;;;/h4-13H,1-3H3;2*1H;/q;;;+2/p-2. The van der Waals surface area contributed by atoms with E-state index in [0.717, 1.165) is 0 Å². The van der Waals surface area contributed by atoms with Crippen molar-refractivity contribution in [3.63, 3.8) is 0 Å². The van der Waals surface area contributed by atoms with Crippen LogP contribution < -0.4 is 0 Å². The van der Waals surface area contributed by atoms with Gasteiger partial charge in [0.25, 0.3) is 0 Å². The normalized spacial score (nSPS) is 16.6. The van der Waals surface area contributed by atoms with E-state index in [9.17, 15) is 0 Å². The number of hydrogen-bond donors (Lipinski definition) is 0. The van der Waals surface area contributed by atoms with Crippen LogP contribution in [0.4, 0.5) is 0 Å². The fraction of sp³-hybridized carbons (Fsp3) is 0.263. The third kappa shape index (κ3) is 2.89. The zero-order valence-corrected chi connectivity index (χ0v) is 17.0. The van der Waals surface area contributed by atoms with Crippen LogP contribution in [0.3, 0.4) is 0 Å². The molecular weight excluding hydrogens is 390 g/mol. The van der Waals surface area contributed by atoms with Crippen molar-refractivity contribution in [3.8, 4) is 0 Å². The number of rotatable bonds is 3. The van der Waals surface area contributed by atoms with E-state index in [2.05, 4.69) is 63.2 Å². The molecule has 0 heterocycles. The van der Waals surface area contributed by atoms with Crippen molar-refractivity contribution in [2.24, 2.45) is 0 Å². The van der Waals surface area contributed by atoms with Gasteiger partial charge in [0, 0.05) is 0 Å². The Hall–Kier alpha value is -0.357. The minimum absolute atomic E-state index is 0.238. The number of fused-ring (bicyclic) bond motifs is 1. The zero-order chi connectivity index (χ0) is 15.9. The molecule has 1 aliphatic carbocycles. The average Bonchev–Trinajstić information content (AvgIpc) is 2.89. The summed E-state index contributed by atoms with van der Waals surface area (Å²) in [6, 6.07) is 15.0. The second-order valence-corrected chi connectivity index (χ2v) is 14.9. The predicted octanol–water partition coefficient (Wildman–Crippen LogP) is 6.64. The molecule has 0 aromatic heterocycles. The Labute approximate surface area is 147 Å². The molecule has 1 atom stereocenters. The summed E-state index contributed by atoms with van der Waals surface area (Å²) in [4.78, 5) is 0. The third-order valence-corrected chi connectivity index (χ3v) is 9.51. The summed E-state index contributed by atoms with van der Waals surface area (Å²) >= 11 is -2.49. The van der Waals surface area contributed by atoms with E-state index in [-0.39, 0.29) is 3.63 Å². The van der Waals surface area contributed by atoms with E-state index in [1.54, 1.807) is 0 Å². The molecule has 113 valence electrons. The molecule has 0 amide bonds. The molecule has 22 heavy (non-hydrogen) atoms. The maximum absolute atomic E-state index is 6.58. The molecule has 0 saturated carbocycles. The van der Waals surface area contributed by atoms with Crippen molar-refractivity contribution in [2.45, 2.75) is 30.3 Å². The zero-order valence-electron chi connectivity index (χ0n) is 13.0. The molecular formula is C19H19Cl2Zr. The Morgan fingerprint density at radius 1 is 1.00 bits per heavy atom. The van der Waals surface area contributed by atoms with Crippen molar-refractivity contribution in [1.82, 2.24) is 0 Å². The van der Waals surface area contributed by atoms with Crippen molar-refractivity contribution in [2.75, 3.05) is 0 Å². The van der Waals surface area contributed by atoms with Crippen LogP contribution in [0.5, 0.6) is 0 Å². The van der Waals surface area contributed by atoms with Crippen LogP contribution in [0.2, 0.25) is 0 Å². The first-order valence-electron chi connectivity index (χ1n) is 7.59. The molecule has 0 saturated heterocycles. The molecule has 2 aromatic rings. The molecule has 1 unspecified atom stereocenters. The van der Waals surface area contributed by atoms with Gasteiger partial charge in [-0.1, -0.05) is 0 Å². The van der Waals surface area contributed by atoms with Gasteiger partial charge in [0.05, 0.1) is 0 Å². The molecule has 1 aliphatic rings. The minimum atomic E-state index is -2.49. The maximum atomic E-state index is 6.58. The second-order valence-electron chi connectivity index (χ2n) is 6.14. The van der Waals surface area contributed by atoms with Gasteiger partial charge >= 0.3 is 149 Å². The summed E-state index contributed by atoms with van der Waals surface area (Å²) in [6.45, 7) is 6.67. The fourth-order valence-corrected chi connectivity index (χ4v) is 8.66. The quantitative estimate of drug-likeness (QED) is 0.533. The van der Waals surface area contributed by atoms with E-state index < -0.39 is 19.4 Å². The van der Waals surface area contributed by atoms with Gasteiger partial charge in [-0.05, 0) is 0 Å². The number of benzene rings is 2. The first-order valence-corrected chi connectivity index (χ1v) is 15.3. The van der Waals surface area contributed by atoms with Crippen LogP contribution in [-0.2, 0) is 19.4 Å². The number of hydrogen-bond acceptors (Lipinski definition) is 0. The summed E-state index contributed by atoms with van der Waals surface area (Å²) in [5.74, 6) is 0.499. The summed E-state index contributed by atoms with van der Waals surface area (Å²) in [5, 5.41) is 0. The summed E-state index contributed by atoms with van der Waals surface area (Å²) in [6.07, 6.45) is 2.34. The van der Waals surface area contributed by atoms with Gasteiger partial charge in [0.1, 0.15) is 0 Å². The van der Waals surface area contributed by atoms with E-state index in [4.69, 9.17) is 17.0 Å². The third-order valence-electron chi connectivity index (χ3n) is 4.39. The van der Waals surface area contributed by atoms with Crippen LogP contribution in [0.25, 0.3) is 11.6 Å². The van der Waals surface area contributed by atoms with Crippen LogP contribution in [0.15, 0.2) is 42.5 Å². The van der Waals surface area contributed by atoms with Gasteiger partial charge < -0.3 is 0 Å². The van der Waals surface area contributed by atoms with Crippen molar-refractivity contribution in [1.29, 1.82) is 0 Å². The van der Waals surface area contributed by atoms with Gasteiger partial charge in [-0.25, -0.2) is 0 Å². The summed E-state index contributed by atoms with van der Waals surface area (Å²) < 4.78 is 0.238. The molecule has 0 nitrogen and oxygen atoms in total. The second kappa shape index (κ2) is 6.64. The first-order chi connectivity index (χ1) is 10.5. The van der Waals surface area contributed by atoms with Crippen LogP contribution in [-0.4, -0.2) is 0 Å². The summed E-state index contributed by atoms with van der Waals surface area (Å²) in [5.41, 5.74) is 8.01. The Kier molecular flexibility index (Phi) is 4.98. The fourth-order valence-electron chi connectivity index (χ4n) is 3.31. The number of allylic oxidation sites excluding steroid dienone is 1. The van der Waals surface area contributed by atoms with Crippen molar-refractivity contribution in [3.05, 3.63) is 70.3 Å². The Bertz CT molecular complexity index is 718. The molecule has 2 aromatic carbocycles. The van der Waals surface area contributed by atoms with Crippen molar-refractivity contribution < 1.29 is 19.4 Å². The number of aryl methyl sites for hydroxylation is 1. The summed E-state index contributed by atoms with van der Waals surface area (Å²) in [7, 11) is 13.2. The molecule has 0 bridgehead atoms. The Balaban J connectivity index is 2.23. The Morgan fingerprint density at radius 2 is 1.68 bits per heavy atom. The van der Waals surface area contributed by atoms with Gasteiger partial charge in [0.15, 0.2) is 0 Å². The monoisotopic (exact) mass is 407 g/mol. The van der Waals surface area contributed by atoms with E-state index in [0.29, 0.717) is 5.92 Å². The van der Waals surface area contributed by atoms with Crippen LogP contribution in [0, 0.1) is 6.92 Å². The Morgan fingerprint density at radius 3 is 2.27 bits per heavy atom. The SMILES string of the molecule is Cc1ccc(C(C)C)c2c1[CH]([Zr]([Cl])[Cl])C(c1ccccc1)=C2. The topological polar surface area (TPSA) is 0 Å². The number of halogens is 2. The van der Waals surface area contributed by atoms with Crippen LogP contribution in [0.1, 0.15) is 51.2 Å². The predicted molar refractivity (Wildman–Crippen MR) is 94.0 cm³/mol. The van der Waals surface area contributed by atoms with E-state index in [1.165, 1.54) is 33.4 Å². The molecule has 0 spiro atoms. The van der Waals surface area contributed by atoms with Crippen LogP contribution >= 0.6 is 17.0 Å². The van der Waals surface area contributed by atoms with Crippen molar-refractivity contribution >= 4 is 28.7 Å². The van der Waals surface area contributed by atoms with Gasteiger partial charge in [-0.3, -0.25) is 0 Å². The first kappa shape index (κ1) is 16.5. The van der Waals surface area contributed by atoms with Gasteiger partial charge in [-0.15, -0.1) is 0 Å². The molecule has 0 fully saturated rings.